The smallest absolute Gasteiger partial charge is 0.258 e. The van der Waals surface area contributed by atoms with Crippen LogP contribution in [-0.2, 0) is 6.54 Å². The lowest BCUT2D eigenvalue weighted by molar-refractivity contribution is 0.0243. The summed E-state index contributed by atoms with van der Waals surface area (Å²) in [6.45, 7) is 11.4. The largest absolute Gasteiger partial charge is 0.486 e. The Labute approximate surface area is 165 Å². The summed E-state index contributed by atoms with van der Waals surface area (Å²) in [4.78, 5) is 17.6. The topological polar surface area (TPSA) is 68.0 Å². The van der Waals surface area contributed by atoms with E-state index in [9.17, 15) is 4.79 Å². The summed E-state index contributed by atoms with van der Waals surface area (Å²) in [7, 11) is 0. The van der Waals surface area contributed by atoms with E-state index < -0.39 is 0 Å². The van der Waals surface area contributed by atoms with Gasteiger partial charge in [-0.25, -0.2) is 0 Å². The minimum Gasteiger partial charge on any atom is -0.486 e. The van der Waals surface area contributed by atoms with Crippen molar-refractivity contribution >= 4 is 5.91 Å². The van der Waals surface area contributed by atoms with E-state index in [-0.39, 0.29) is 18.0 Å². The lowest BCUT2D eigenvalue weighted by Crippen LogP contribution is -2.58. The predicted molar refractivity (Wildman–Crippen MR) is 104 cm³/mol. The molecule has 0 aliphatic carbocycles. The van der Waals surface area contributed by atoms with Crippen molar-refractivity contribution in [2.75, 3.05) is 26.3 Å². The predicted octanol–water partition coefficient (Wildman–Crippen LogP) is 2.80. The normalized spacial score (nSPS) is 22.4. The molecule has 0 bridgehead atoms. The fourth-order valence-electron chi connectivity index (χ4n) is 4.05. The van der Waals surface area contributed by atoms with Gasteiger partial charge in [-0.3, -0.25) is 9.69 Å². The zero-order chi connectivity index (χ0) is 19.8. The van der Waals surface area contributed by atoms with Crippen molar-refractivity contribution < 1.29 is 18.8 Å². The van der Waals surface area contributed by atoms with Gasteiger partial charge in [-0.1, -0.05) is 11.2 Å². The highest BCUT2D eigenvalue weighted by Gasteiger charge is 2.36. The van der Waals surface area contributed by atoms with Crippen molar-refractivity contribution in [2.24, 2.45) is 0 Å². The molecule has 1 aromatic carbocycles. The van der Waals surface area contributed by atoms with Crippen LogP contribution in [-0.4, -0.2) is 59.3 Å². The Morgan fingerprint density at radius 3 is 2.68 bits per heavy atom. The summed E-state index contributed by atoms with van der Waals surface area (Å²) >= 11 is 0. The standard InChI is InChI=1S/C21H27N3O4/c1-13-18(16(4)28-22-13)12-23-8-9-24(15(3)14(23)2)21(25)17-6-5-7-19-20(17)27-11-10-26-19/h5-7,14-15H,8-12H2,1-4H3/t14-,15-/m1/s1. The number of aromatic nitrogens is 1. The number of rotatable bonds is 3. The fourth-order valence-corrected chi connectivity index (χ4v) is 4.05. The van der Waals surface area contributed by atoms with Crippen molar-refractivity contribution in [2.45, 2.75) is 46.3 Å². The third-order valence-corrected chi connectivity index (χ3v) is 5.99. The van der Waals surface area contributed by atoms with Gasteiger partial charge in [0.2, 0.25) is 0 Å². The molecular formula is C21H27N3O4. The van der Waals surface area contributed by atoms with Crippen LogP contribution in [0.5, 0.6) is 11.5 Å². The number of carbonyl (C=O) groups excluding carboxylic acids is 1. The minimum atomic E-state index is -0.00121. The van der Waals surface area contributed by atoms with Crippen LogP contribution >= 0.6 is 0 Å². The van der Waals surface area contributed by atoms with Gasteiger partial charge < -0.3 is 18.9 Å². The van der Waals surface area contributed by atoms with Gasteiger partial charge in [-0.2, -0.15) is 0 Å². The zero-order valence-corrected chi connectivity index (χ0v) is 16.9. The third-order valence-electron chi connectivity index (χ3n) is 5.99. The molecule has 2 aliphatic rings. The second kappa shape index (κ2) is 7.47. The van der Waals surface area contributed by atoms with Gasteiger partial charge in [0.25, 0.3) is 5.91 Å². The first kappa shape index (κ1) is 18.8. The van der Waals surface area contributed by atoms with Crippen LogP contribution in [0.2, 0.25) is 0 Å². The van der Waals surface area contributed by atoms with E-state index in [1.165, 1.54) is 0 Å². The van der Waals surface area contributed by atoms with Crippen LogP contribution in [0.15, 0.2) is 22.7 Å². The van der Waals surface area contributed by atoms with E-state index in [0.717, 1.165) is 30.1 Å². The molecule has 0 saturated carbocycles. The molecular weight excluding hydrogens is 358 g/mol. The molecule has 4 rings (SSSR count). The van der Waals surface area contributed by atoms with Gasteiger partial charge in [0.15, 0.2) is 11.5 Å². The summed E-state index contributed by atoms with van der Waals surface area (Å²) in [6, 6.07) is 5.80. The number of para-hydroxylation sites is 1. The van der Waals surface area contributed by atoms with E-state index in [2.05, 4.69) is 23.9 Å². The van der Waals surface area contributed by atoms with Crippen molar-refractivity contribution in [1.82, 2.24) is 15.0 Å². The summed E-state index contributed by atoms with van der Waals surface area (Å²) in [5.74, 6) is 2.08. The van der Waals surface area contributed by atoms with E-state index >= 15 is 0 Å². The van der Waals surface area contributed by atoms with Gasteiger partial charge in [0, 0.05) is 37.3 Å². The van der Waals surface area contributed by atoms with Crippen LogP contribution in [0.1, 0.15) is 41.2 Å². The first-order valence-electron chi connectivity index (χ1n) is 9.82. The number of ether oxygens (including phenoxy) is 2. The molecule has 28 heavy (non-hydrogen) atoms. The van der Waals surface area contributed by atoms with E-state index in [1.807, 2.05) is 36.9 Å². The summed E-state index contributed by atoms with van der Waals surface area (Å²) in [6.07, 6.45) is 0. The monoisotopic (exact) mass is 385 g/mol. The Balaban J connectivity index is 1.51. The molecule has 1 saturated heterocycles. The highest BCUT2D eigenvalue weighted by Crippen LogP contribution is 2.35. The number of nitrogens with zero attached hydrogens (tertiary/aromatic N) is 3. The molecule has 7 heteroatoms. The number of amides is 1. The van der Waals surface area contributed by atoms with E-state index in [1.54, 1.807) is 0 Å². The molecule has 2 aliphatic heterocycles. The lowest BCUT2D eigenvalue weighted by Gasteiger charge is -2.45. The molecule has 2 atom stereocenters. The van der Waals surface area contributed by atoms with Gasteiger partial charge in [-0.15, -0.1) is 0 Å². The second-order valence-corrected chi connectivity index (χ2v) is 7.58. The number of benzene rings is 1. The Morgan fingerprint density at radius 2 is 1.93 bits per heavy atom. The molecule has 150 valence electrons. The number of hydrogen-bond donors (Lipinski definition) is 0. The molecule has 0 radical (unpaired) electrons. The maximum absolute atomic E-state index is 13.3. The van der Waals surface area contributed by atoms with Crippen molar-refractivity contribution in [3.8, 4) is 11.5 Å². The molecule has 3 heterocycles. The third kappa shape index (κ3) is 3.24. The number of hydrogen-bond acceptors (Lipinski definition) is 6. The Hall–Kier alpha value is -2.54. The highest BCUT2D eigenvalue weighted by atomic mass is 16.6. The first-order valence-corrected chi connectivity index (χ1v) is 9.82. The average molecular weight is 385 g/mol. The first-order chi connectivity index (χ1) is 13.5. The van der Waals surface area contributed by atoms with E-state index in [0.29, 0.717) is 36.8 Å². The molecule has 7 nitrogen and oxygen atoms in total. The Kier molecular flexibility index (Phi) is 5.02. The quantitative estimate of drug-likeness (QED) is 0.809. The summed E-state index contributed by atoms with van der Waals surface area (Å²) < 4.78 is 16.7. The molecule has 1 fully saturated rings. The van der Waals surface area contributed by atoms with Crippen molar-refractivity contribution in [1.29, 1.82) is 0 Å². The molecule has 0 N–H and O–H groups in total. The minimum absolute atomic E-state index is 0.00121. The van der Waals surface area contributed by atoms with Gasteiger partial charge in [-0.05, 0) is 39.8 Å². The fraction of sp³-hybridized carbons (Fsp3) is 0.524. The van der Waals surface area contributed by atoms with Crippen LogP contribution in [0.4, 0.5) is 0 Å². The maximum Gasteiger partial charge on any atom is 0.258 e. The Morgan fingerprint density at radius 1 is 1.14 bits per heavy atom. The molecule has 1 amide bonds. The number of aryl methyl sites for hydroxylation is 2. The lowest BCUT2D eigenvalue weighted by atomic mass is 10.0. The van der Waals surface area contributed by atoms with E-state index in [4.69, 9.17) is 14.0 Å². The summed E-state index contributed by atoms with van der Waals surface area (Å²) in [5, 5.41) is 4.06. The van der Waals surface area contributed by atoms with Crippen LogP contribution < -0.4 is 9.47 Å². The molecule has 0 unspecified atom stereocenters. The van der Waals surface area contributed by atoms with Crippen LogP contribution in [0.25, 0.3) is 0 Å². The van der Waals surface area contributed by atoms with Crippen molar-refractivity contribution in [3.05, 3.63) is 40.8 Å². The van der Waals surface area contributed by atoms with Gasteiger partial charge in [0.1, 0.15) is 19.0 Å². The SMILES string of the molecule is Cc1noc(C)c1CN1CCN(C(=O)c2cccc3c2OCCO3)[C@H](C)[C@H]1C. The average Bonchev–Trinajstić information content (AvgIpc) is 3.02. The number of fused-ring (bicyclic) bond motifs is 1. The van der Waals surface area contributed by atoms with Crippen molar-refractivity contribution in [3.63, 3.8) is 0 Å². The molecule has 2 aromatic rings. The summed E-state index contributed by atoms with van der Waals surface area (Å²) in [5.41, 5.74) is 2.65. The molecule has 0 spiro atoms. The Bertz CT molecular complexity index is 859. The number of piperazine rings is 1. The zero-order valence-electron chi connectivity index (χ0n) is 16.9. The van der Waals surface area contributed by atoms with Crippen LogP contribution in [0.3, 0.4) is 0 Å². The van der Waals surface area contributed by atoms with Crippen LogP contribution in [0, 0.1) is 13.8 Å². The molecule has 1 aromatic heterocycles. The highest BCUT2D eigenvalue weighted by molar-refractivity contribution is 5.98. The number of carbonyl (C=O) groups is 1. The maximum atomic E-state index is 13.3. The second-order valence-electron chi connectivity index (χ2n) is 7.58. The van der Waals surface area contributed by atoms with Gasteiger partial charge in [0.05, 0.1) is 11.3 Å². The van der Waals surface area contributed by atoms with Gasteiger partial charge >= 0.3 is 0 Å².